The maximum Gasteiger partial charge on any atom is 0.322 e. The fourth-order valence-corrected chi connectivity index (χ4v) is 2.65. The molecule has 23 heavy (non-hydrogen) atoms. The highest BCUT2D eigenvalue weighted by Gasteiger charge is 2.14. The summed E-state index contributed by atoms with van der Waals surface area (Å²) in [5, 5.41) is 10.9. The maximum atomic E-state index is 11.7. The van der Waals surface area contributed by atoms with Gasteiger partial charge in [0.15, 0.2) is 11.5 Å². The van der Waals surface area contributed by atoms with Crippen molar-refractivity contribution in [2.45, 2.75) is 11.4 Å². The zero-order valence-electron chi connectivity index (χ0n) is 13.7. The van der Waals surface area contributed by atoms with Crippen molar-refractivity contribution in [3.8, 4) is 11.5 Å². The number of carboxylic acid groups (broad SMARTS) is 1. The molecule has 0 radical (unpaired) electrons. The highest BCUT2D eigenvalue weighted by atomic mass is 32.2. The fourth-order valence-electron chi connectivity index (χ4n) is 2.04. The van der Waals surface area contributed by atoms with Gasteiger partial charge in [-0.1, -0.05) is 0 Å². The van der Waals surface area contributed by atoms with Crippen molar-refractivity contribution in [3.05, 3.63) is 17.7 Å². The van der Waals surface area contributed by atoms with Gasteiger partial charge in [0, 0.05) is 11.4 Å². The number of benzene rings is 1. The van der Waals surface area contributed by atoms with Crippen LogP contribution in [-0.2, 0) is 16.1 Å². The van der Waals surface area contributed by atoms with Gasteiger partial charge in [-0.2, -0.15) is 0 Å². The minimum absolute atomic E-state index is 0.107. The molecule has 0 saturated carbocycles. The highest BCUT2D eigenvalue weighted by Crippen LogP contribution is 2.34. The lowest BCUT2D eigenvalue weighted by molar-refractivity contribution is -0.138. The molecule has 0 spiro atoms. The van der Waals surface area contributed by atoms with Gasteiger partial charge in [0.05, 0.1) is 20.8 Å². The van der Waals surface area contributed by atoms with Gasteiger partial charge in [-0.25, -0.2) is 0 Å². The van der Waals surface area contributed by atoms with Crippen molar-refractivity contribution in [2.24, 2.45) is 0 Å². The predicted molar refractivity (Wildman–Crippen MR) is 88.3 cm³/mol. The van der Waals surface area contributed by atoms with Gasteiger partial charge in [-0.3, -0.25) is 14.5 Å². The molecule has 0 heterocycles. The number of likely N-dealkylation sites (N-methyl/N-ethyl adjacent to an activating group) is 1. The number of aliphatic carboxylic acids is 1. The second-order valence-corrected chi connectivity index (χ2v) is 5.71. The van der Waals surface area contributed by atoms with E-state index in [4.69, 9.17) is 14.6 Å². The monoisotopic (exact) mass is 342 g/mol. The Hall–Kier alpha value is -1.93. The molecule has 128 valence electrons. The van der Waals surface area contributed by atoms with Crippen LogP contribution in [0.25, 0.3) is 0 Å². The quantitative estimate of drug-likeness (QED) is 0.649. The third-order valence-corrected chi connectivity index (χ3v) is 3.90. The zero-order chi connectivity index (χ0) is 17.4. The molecule has 1 aromatic carbocycles. The van der Waals surface area contributed by atoms with Gasteiger partial charge >= 0.3 is 5.97 Å². The van der Waals surface area contributed by atoms with Gasteiger partial charge in [0.1, 0.15) is 6.54 Å². The van der Waals surface area contributed by atoms with E-state index in [9.17, 15) is 9.59 Å². The predicted octanol–water partition coefficient (Wildman–Crippen LogP) is 1.06. The van der Waals surface area contributed by atoms with Crippen LogP contribution >= 0.6 is 11.8 Å². The van der Waals surface area contributed by atoms with E-state index in [-0.39, 0.29) is 19.0 Å². The third kappa shape index (κ3) is 5.99. The summed E-state index contributed by atoms with van der Waals surface area (Å²) in [5.74, 6) is -0.113. The Morgan fingerprint density at radius 3 is 2.39 bits per heavy atom. The van der Waals surface area contributed by atoms with Gasteiger partial charge < -0.3 is 19.9 Å². The summed E-state index contributed by atoms with van der Waals surface area (Å²) in [7, 11) is 4.95. The van der Waals surface area contributed by atoms with Crippen LogP contribution in [-0.4, -0.2) is 62.5 Å². The van der Waals surface area contributed by atoms with E-state index in [1.807, 2.05) is 18.4 Å². The molecule has 7 nitrogen and oxygen atoms in total. The van der Waals surface area contributed by atoms with Crippen molar-refractivity contribution in [3.63, 3.8) is 0 Å². The molecule has 0 unspecified atom stereocenters. The number of carboxylic acids is 1. The number of nitrogens with one attached hydrogen (secondary N) is 1. The van der Waals surface area contributed by atoms with Crippen LogP contribution in [0, 0.1) is 0 Å². The Balaban J connectivity index is 2.78. The summed E-state index contributed by atoms with van der Waals surface area (Å²) in [6.45, 7) is 0.256. The number of rotatable bonds is 9. The largest absolute Gasteiger partial charge is 0.493 e. The number of methoxy groups -OCH3 is 2. The first-order chi connectivity index (χ1) is 10.9. The van der Waals surface area contributed by atoms with Crippen LogP contribution in [0.5, 0.6) is 11.5 Å². The average molecular weight is 342 g/mol. The summed E-state index contributed by atoms with van der Waals surface area (Å²) < 4.78 is 10.6. The van der Waals surface area contributed by atoms with Crippen LogP contribution in [0.4, 0.5) is 0 Å². The number of thioether (sulfide) groups is 1. The van der Waals surface area contributed by atoms with Crippen molar-refractivity contribution in [1.29, 1.82) is 0 Å². The minimum atomic E-state index is -1.06. The smallest absolute Gasteiger partial charge is 0.322 e. The summed E-state index contributed by atoms with van der Waals surface area (Å²) in [6, 6.07) is 3.79. The molecule has 0 saturated heterocycles. The van der Waals surface area contributed by atoms with E-state index in [0.29, 0.717) is 18.0 Å². The number of hydrogen-bond donors (Lipinski definition) is 2. The molecule has 0 bridgehead atoms. The normalized spacial score (nSPS) is 10.5. The van der Waals surface area contributed by atoms with Crippen molar-refractivity contribution in [1.82, 2.24) is 10.2 Å². The second kappa shape index (κ2) is 9.26. The first-order valence-electron chi connectivity index (χ1n) is 6.87. The van der Waals surface area contributed by atoms with E-state index in [1.54, 1.807) is 37.9 Å². The lowest BCUT2D eigenvalue weighted by Gasteiger charge is -2.19. The minimum Gasteiger partial charge on any atom is -0.493 e. The number of carbonyl (C=O) groups is 2. The summed E-state index contributed by atoms with van der Waals surface area (Å²) in [4.78, 5) is 24.9. The number of ether oxygens (including phenoxy) is 2. The standard InChI is InChI=1S/C15H22N2O5S/c1-17(9-14(18)16-7-15(19)20)8-10-5-11(21-2)12(22-3)6-13(10)23-4/h5-6H,7-9H2,1-4H3,(H,16,18)(H,19,20). The average Bonchev–Trinajstić information content (AvgIpc) is 2.52. The topological polar surface area (TPSA) is 88.1 Å². The Morgan fingerprint density at radius 1 is 1.26 bits per heavy atom. The Kier molecular flexibility index (Phi) is 7.70. The summed E-state index contributed by atoms with van der Waals surface area (Å²) >= 11 is 1.58. The molecule has 8 heteroatoms. The molecule has 1 amide bonds. The van der Waals surface area contributed by atoms with Gasteiger partial charge in [-0.15, -0.1) is 11.8 Å². The van der Waals surface area contributed by atoms with Crippen molar-refractivity contribution in [2.75, 3.05) is 40.6 Å². The van der Waals surface area contributed by atoms with Crippen LogP contribution in [0.1, 0.15) is 5.56 Å². The molecular weight excluding hydrogens is 320 g/mol. The van der Waals surface area contributed by atoms with E-state index in [1.165, 1.54) is 0 Å². The lowest BCUT2D eigenvalue weighted by Crippen LogP contribution is -2.37. The van der Waals surface area contributed by atoms with Crippen LogP contribution in [0.15, 0.2) is 17.0 Å². The molecule has 0 aliphatic rings. The second-order valence-electron chi connectivity index (χ2n) is 4.86. The number of amides is 1. The molecule has 2 N–H and O–H groups in total. The highest BCUT2D eigenvalue weighted by molar-refractivity contribution is 7.98. The fraction of sp³-hybridized carbons (Fsp3) is 0.467. The van der Waals surface area contributed by atoms with Crippen molar-refractivity contribution < 1.29 is 24.2 Å². The van der Waals surface area contributed by atoms with Crippen LogP contribution in [0.2, 0.25) is 0 Å². The van der Waals surface area contributed by atoms with Crippen LogP contribution < -0.4 is 14.8 Å². The van der Waals surface area contributed by atoms with E-state index in [0.717, 1.165) is 10.5 Å². The molecule has 0 atom stereocenters. The Bertz CT molecular complexity index is 565. The SMILES string of the molecule is COc1cc(CN(C)CC(=O)NCC(=O)O)c(SC)cc1OC. The van der Waals surface area contributed by atoms with Crippen molar-refractivity contribution >= 4 is 23.6 Å². The van der Waals surface area contributed by atoms with Gasteiger partial charge in [-0.05, 0) is 31.0 Å². The first-order valence-corrected chi connectivity index (χ1v) is 8.09. The van der Waals surface area contributed by atoms with Crippen LogP contribution in [0.3, 0.4) is 0 Å². The molecule has 1 rings (SSSR count). The van der Waals surface area contributed by atoms with Gasteiger partial charge in [0.25, 0.3) is 0 Å². The molecule has 0 aliphatic heterocycles. The first kappa shape index (κ1) is 19.1. The lowest BCUT2D eigenvalue weighted by atomic mass is 10.2. The molecule has 1 aromatic rings. The number of carbonyl (C=O) groups excluding carboxylic acids is 1. The maximum absolute atomic E-state index is 11.7. The van der Waals surface area contributed by atoms with E-state index < -0.39 is 5.97 Å². The number of nitrogens with zero attached hydrogens (tertiary/aromatic N) is 1. The zero-order valence-corrected chi connectivity index (χ0v) is 14.5. The van der Waals surface area contributed by atoms with E-state index >= 15 is 0 Å². The molecule has 0 aliphatic carbocycles. The third-order valence-electron chi connectivity index (χ3n) is 3.08. The molecular formula is C15H22N2O5S. The van der Waals surface area contributed by atoms with E-state index in [2.05, 4.69) is 5.32 Å². The summed E-state index contributed by atoms with van der Waals surface area (Å²) in [5.41, 5.74) is 1.00. The van der Waals surface area contributed by atoms with Gasteiger partial charge in [0.2, 0.25) is 5.91 Å². The summed E-state index contributed by atoms with van der Waals surface area (Å²) in [6.07, 6.45) is 1.96. The Labute approximate surface area is 139 Å². The number of hydrogen-bond acceptors (Lipinski definition) is 6. The molecule has 0 fully saturated rings. The molecule has 0 aromatic heterocycles. The Morgan fingerprint density at radius 2 is 1.87 bits per heavy atom.